The van der Waals surface area contributed by atoms with Crippen LogP contribution >= 0.6 is 11.8 Å². The summed E-state index contributed by atoms with van der Waals surface area (Å²) >= 11 is 1.59. The summed E-state index contributed by atoms with van der Waals surface area (Å²) in [4.78, 5) is 0. The van der Waals surface area contributed by atoms with Gasteiger partial charge in [0.15, 0.2) is 5.82 Å². The molecule has 1 aromatic heterocycles. The zero-order valence-corrected chi connectivity index (χ0v) is 13.4. The van der Waals surface area contributed by atoms with Gasteiger partial charge in [-0.1, -0.05) is 11.8 Å². The minimum absolute atomic E-state index is 0.292. The van der Waals surface area contributed by atoms with Gasteiger partial charge in [-0.15, -0.1) is 10.2 Å². The van der Waals surface area contributed by atoms with E-state index in [1.807, 2.05) is 24.3 Å². The Balaban J connectivity index is 1.68. The molecular weight excluding hydrogens is 300 g/mol. The minimum Gasteiger partial charge on any atom is -0.497 e. The summed E-state index contributed by atoms with van der Waals surface area (Å²) in [6.07, 6.45) is 3.80. The lowest BCUT2D eigenvalue weighted by Crippen LogP contribution is -2.22. The fourth-order valence-corrected chi connectivity index (χ4v) is 3.34. The molecule has 1 atom stereocenters. The lowest BCUT2D eigenvalue weighted by Gasteiger charge is -2.21. The topological polar surface area (TPSA) is 75.2 Å². The molecule has 1 aliphatic rings. The summed E-state index contributed by atoms with van der Waals surface area (Å²) < 4.78 is 12.4. The van der Waals surface area contributed by atoms with E-state index in [2.05, 4.69) is 10.2 Å². The van der Waals surface area contributed by atoms with Crippen molar-refractivity contribution in [1.82, 2.24) is 14.9 Å². The van der Waals surface area contributed by atoms with E-state index in [9.17, 15) is 0 Å². The Bertz CT molecular complexity index is 609. The molecule has 3 rings (SSSR count). The molecule has 0 aliphatic carbocycles. The van der Waals surface area contributed by atoms with Gasteiger partial charge in [-0.05, 0) is 43.5 Å². The lowest BCUT2D eigenvalue weighted by molar-refractivity contribution is 0.0315. The van der Waals surface area contributed by atoms with Gasteiger partial charge in [-0.2, -0.15) is 0 Å². The first kappa shape index (κ1) is 15.2. The van der Waals surface area contributed by atoms with Crippen molar-refractivity contribution in [2.45, 2.75) is 30.5 Å². The van der Waals surface area contributed by atoms with Gasteiger partial charge < -0.3 is 15.3 Å². The van der Waals surface area contributed by atoms with Gasteiger partial charge in [-0.25, -0.2) is 4.68 Å². The third-order valence-corrected chi connectivity index (χ3v) is 4.76. The number of thioether (sulfide) groups is 1. The predicted octanol–water partition coefficient (Wildman–Crippen LogP) is 2.33. The van der Waals surface area contributed by atoms with Crippen molar-refractivity contribution in [2.24, 2.45) is 0 Å². The molecule has 1 aliphatic heterocycles. The van der Waals surface area contributed by atoms with Crippen molar-refractivity contribution >= 4 is 11.8 Å². The van der Waals surface area contributed by atoms with E-state index in [0.717, 1.165) is 36.5 Å². The summed E-state index contributed by atoms with van der Waals surface area (Å²) in [5.41, 5.74) is 0.913. The number of rotatable bonds is 5. The Morgan fingerprint density at radius 3 is 2.82 bits per heavy atom. The molecule has 1 unspecified atom stereocenters. The van der Waals surface area contributed by atoms with E-state index in [0.29, 0.717) is 17.1 Å². The zero-order chi connectivity index (χ0) is 15.4. The second-order valence-electron chi connectivity index (χ2n) is 5.20. The number of aromatic nitrogens is 3. The molecule has 1 aromatic carbocycles. The molecule has 6 nitrogen and oxygen atoms in total. The Labute approximate surface area is 134 Å². The van der Waals surface area contributed by atoms with Crippen molar-refractivity contribution in [3.05, 3.63) is 24.3 Å². The molecule has 0 spiro atoms. The molecule has 2 aromatic rings. The number of methoxy groups -OCH3 is 1. The first-order valence-corrected chi connectivity index (χ1v) is 8.36. The number of hydrogen-bond acceptors (Lipinski definition) is 6. The van der Waals surface area contributed by atoms with Gasteiger partial charge in [0.1, 0.15) is 5.75 Å². The Kier molecular flexibility index (Phi) is 4.84. The molecule has 2 N–H and O–H groups in total. The standard InChI is InChI=1S/C15H20N4O2S/c1-20-12-7-5-11(6-8-12)14-17-18-15(19(14)16)22-10-13-4-2-3-9-21-13/h5-8,13H,2-4,9-10,16H2,1H3. The van der Waals surface area contributed by atoms with E-state index in [-0.39, 0.29) is 0 Å². The molecule has 0 radical (unpaired) electrons. The van der Waals surface area contributed by atoms with Crippen LogP contribution in [-0.2, 0) is 4.74 Å². The van der Waals surface area contributed by atoms with Crippen LogP contribution in [0.4, 0.5) is 0 Å². The van der Waals surface area contributed by atoms with Crippen LogP contribution in [0.3, 0.4) is 0 Å². The maximum Gasteiger partial charge on any atom is 0.210 e. The third kappa shape index (κ3) is 3.36. The number of nitrogens with zero attached hydrogens (tertiary/aromatic N) is 3. The molecule has 1 saturated heterocycles. The first-order valence-electron chi connectivity index (χ1n) is 7.37. The minimum atomic E-state index is 0.292. The van der Waals surface area contributed by atoms with Crippen LogP contribution in [0, 0.1) is 0 Å². The van der Waals surface area contributed by atoms with Gasteiger partial charge in [0, 0.05) is 17.9 Å². The largest absolute Gasteiger partial charge is 0.497 e. The van der Waals surface area contributed by atoms with Crippen LogP contribution in [0.2, 0.25) is 0 Å². The fraction of sp³-hybridized carbons (Fsp3) is 0.467. The highest BCUT2D eigenvalue weighted by molar-refractivity contribution is 7.99. The van der Waals surface area contributed by atoms with E-state index < -0.39 is 0 Å². The van der Waals surface area contributed by atoms with Crippen LogP contribution in [0.25, 0.3) is 11.4 Å². The van der Waals surface area contributed by atoms with Gasteiger partial charge >= 0.3 is 0 Å². The second-order valence-corrected chi connectivity index (χ2v) is 6.19. The fourth-order valence-electron chi connectivity index (χ4n) is 2.42. The quantitative estimate of drug-likeness (QED) is 0.673. The van der Waals surface area contributed by atoms with Crippen molar-refractivity contribution in [3.8, 4) is 17.1 Å². The van der Waals surface area contributed by atoms with E-state index in [1.54, 1.807) is 18.9 Å². The van der Waals surface area contributed by atoms with Crippen LogP contribution in [0.1, 0.15) is 19.3 Å². The highest BCUT2D eigenvalue weighted by Crippen LogP contribution is 2.25. The van der Waals surface area contributed by atoms with Gasteiger partial charge in [0.2, 0.25) is 5.16 Å². The van der Waals surface area contributed by atoms with Gasteiger partial charge in [-0.3, -0.25) is 0 Å². The number of nitrogens with two attached hydrogens (primary N) is 1. The summed E-state index contributed by atoms with van der Waals surface area (Å²) in [5, 5.41) is 9.08. The molecule has 1 fully saturated rings. The van der Waals surface area contributed by atoms with E-state index in [1.165, 1.54) is 11.1 Å². The molecular formula is C15H20N4O2S. The van der Waals surface area contributed by atoms with Crippen molar-refractivity contribution < 1.29 is 9.47 Å². The number of benzene rings is 1. The first-order chi connectivity index (χ1) is 10.8. The number of nitrogen functional groups attached to an aromatic ring is 1. The maximum absolute atomic E-state index is 6.12. The smallest absolute Gasteiger partial charge is 0.210 e. The predicted molar refractivity (Wildman–Crippen MR) is 86.5 cm³/mol. The van der Waals surface area contributed by atoms with Gasteiger partial charge in [0.25, 0.3) is 0 Å². The third-order valence-electron chi connectivity index (χ3n) is 3.69. The lowest BCUT2D eigenvalue weighted by atomic mass is 10.1. The average molecular weight is 320 g/mol. The zero-order valence-electron chi connectivity index (χ0n) is 12.6. The number of hydrogen-bond donors (Lipinski definition) is 1. The highest BCUT2D eigenvalue weighted by Gasteiger charge is 2.17. The van der Waals surface area contributed by atoms with Crippen molar-refractivity contribution in [2.75, 3.05) is 25.3 Å². The van der Waals surface area contributed by atoms with Crippen LogP contribution in [0.5, 0.6) is 5.75 Å². The van der Waals surface area contributed by atoms with Crippen molar-refractivity contribution in [3.63, 3.8) is 0 Å². The summed E-state index contributed by atoms with van der Waals surface area (Å²) in [5.74, 6) is 8.43. The molecule has 0 bridgehead atoms. The molecule has 0 amide bonds. The Morgan fingerprint density at radius 2 is 2.14 bits per heavy atom. The maximum atomic E-state index is 6.12. The Hall–Kier alpha value is -1.73. The highest BCUT2D eigenvalue weighted by atomic mass is 32.2. The van der Waals surface area contributed by atoms with Gasteiger partial charge in [0.05, 0.1) is 13.2 Å². The Morgan fingerprint density at radius 1 is 1.32 bits per heavy atom. The normalized spacial score (nSPS) is 18.3. The molecule has 118 valence electrons. The summed E-state index contributed by atoms with van der Waals surface area (Å²) in [6.45, 7) is 0.859. The molecule has 2 heterocycles. The van der Waals surface area contributed by atoms with Crippen LogP contribution < -0.4 is 10.6 Å². The van der Waals surface area contributed by atoms with Crippen LogP contribution in [-0.4, -0.2) is 40.4 Å². The summed E-state index contributed by atoms with van der Waals surface area (Å²) in [7, 11) is 1.64. The molecule has 0 saturated carbocycles. The van der Waals surface area contributed by atoms with Crippen molar-refractivity contribution in [1.29, 1.82) is 0 Å². The van der Waals surface area contributed by atoms with E-state index >= 15 is 0 Å². The monoisotopic (exact) mass is 320 g/mol. The average Bonchev–Trinajstić information content (AvgIpc) is 2.95. The summed E-state index contributed by atoms with van der Waals surface area (Å²) in [6, 6.07) is 7.61. The molecule has 22 heavy (non-hydrogen) atoms. The second kappa shape index (κ2) is 7.02. The van der Waals surface area contributed by atoms with E-state index in [4.69, 9.17) is 15.3 Å². The van der Waals surface area contributed by atoms with Crippen LogP contribution in [0.15, 0.2) is 29.4 Å². The molecule has 7 heteroatoms. The SMILES string of the molecule is COc1ccc(-c2nnc(SCC3CCCCO3)n2N)cc1. The number of ether oxygens (including phenoxy) is 2.